The van der Waals surface area contributed by atoms with Gasteiger partial charge in [0.1, 0.15) is 0 Å². The molecule has 32 heavy (non-hydrogen) atoms. The number of hydrogen-bond acceptors (Lipinski definition) is 4. The van der Waals surface area contributed by atoms with Gasteiger partial charge >= 0.3 is 54.3 Å². The first kappa shape index (κ1) is 30.2. The van der Waals surface area contributed by atoms with Crippen LogP contribution in [0.5, 0.6) is 0 Å². The van der Waals surface area contributed by atoms with Gasteiger partial charge in [-0.05, 0) is 6.92 Å². The Kier molecular flexibility index (Phi) is 7.74. The summed E-state index contributed by atoms with van der Waals surface area (Å²) in [6.45, 7) is -0.771. The van der Waals surface area contributed by atoms with Gasteiger partial charge in [-0.1, -0.05) is 0 Å². The van der Waals surface area contributed by atoms with Gasteiger partial charge in [-0.25, -0.2) is 4.79 Å². The van der Waals surface area contributed by atoms with Crippen molar-refractivity contribution in [2.24, 2.45) is 0 Å². The molecule has 0 heterocycles. The number of carbonyl (C=O) groups excluding carboxylic acids is 1. The van der Waals surface area contributed by atoms with E-state index in [1.165, 1.54) is 4.74 Å². The van der Waals surface area contributed by atoms with E-state index in [2.05, 4.69) is 4.74 Å². The second-order valence-electron chi connectivity index (χ2n) is 5.22. The van der Waals surface area contributed by atoms with Crippen LogP contribution in [0, 0.1) is 0 Å². The molecule has 0 saturated heterocycles. The molecule has 0 saturated carbocycles. The largest absolute Gasteiger partial charge is 0.462 e. The average Bonchev–Trinajstić information content (AvgIpc) is 2.50. The second-order valence-corrected chi connectivity index (χ2v) is 5.22. The third-order valence-corrected chi connectivity index (χ3v) is 2.90. The molecule has 0 aliphatic rings. The smallest absolute Gasteiger partial charge is 0.462 e. The van der Waals surface area contributed by atoms with Gasteiger partial charge in [0.05, 0.1) is 6.61 Å². The van der Waals surface area contributed by atoms with Gasteiger partial charge in [0.15, 0.2) is 0 Å². The van der Waals surface area contributed by atoms with E-state index in [-0.39, 0.29) is 0 Å². The van der Waals surface area contributed by atoms with Crippen LogP contribution >= 0.6 is 0 Å². The van der Waals surface area contributed by atoms with E-state index >= 15 is 0 Å². The maximum atomic E-state index is 13.8. The standard InChI is InChI=1S/C11H5F17O4/c1-2-30-3(29)4(12,7(16,17)18)31-11(27,28)6(15,9(22,23)24)32-10(25,26)5(13,14)8(19,20)21/h2H2,1H3/t4-,6+/m1/s1. The molecule has 0 N–H and O–H groups in total. The lowest BCUT2D eigenvalue weighted by atomic mass is 10.2. The molecule has 21 heteroatoms. The van der Waals surface area contributed by atoms with Gasteiger partial charge in [-0.15, -0.1) is 0 Å². The summed E-state index contributed by atoms with van der Waals surface area (Å²) < 4.78 is 223. The molecule has 0 rings (SSSR count). The van der Waals surface area contributed by atoms with Crippen molar-refractivity contribution in [2.45, 2.75) is 55.3 Å². The normalized spacial score (nSPS) is 18.7. The summed E-state index contributed by atoms with van der Waals surface area (Å²) >= 11 is 0. The zero-order chi connectivity index (χ0) is 26.4. The Labute approximate surface area is 163 Å². The molecule has 2 atom stereocenters. The number of esters is 1. The van der Waals surface area contributed by atoms with Crippen LogP contribution in [0.1, 0.15) is 6.92 Å². The van der Waals surface area contributed by atoms with E-state index in [0.29, 0.717) is 6.92 Å². The fourth-order valence-corrected chi connectivity index (χ4v) is 1.37. The number of rotatable bonds is 8. The van der Waals surface area contributed by atoms with E-state index in [1.54, 1.807) is 4.74 Å². The highest BCUT2D eigenvalue weighted by Crippen LogP contribution is 2.56. The summed E-state index contributed by atoms with van der Waals surface area (Å²) in [4.78, 5) is 10.9. The molecule has 0 radical (unpaired) electrons. The minimum absolute atomic E-state index is 0.560. The predicted molar refractivity (Wildman–Crippen MR) is 59.5 cm³/mol. The van der Waals surface area contributed by atoms with Crippen LogP contribution in [-0.2, 0) is 19.0 Å². The quantitative estimate of drug-likeness (QED) is 0.315. The lowest BCUT2D eigenvalue weighted by molar-refractivity contribution is -0.548. The summed E-state index contributed by atoms with van der Waals surface area (Å²) in [5, 5.41) is 0. The molecule has 0 bridgehead atoms. The number of hydrogen-bond donors (Lipinski definition) is 0. The molecule has 4 nitrogen and oxygen atoms in total. The number of alkyl halides is 17. The summed E-state index contributed by atoms with van der Waals surface area (Å²) in [6, 6.07) is 0. The highest BCUT2D eigenvalue weighted by atomic mass is 19.4. The first-order chi connectivity index (χ1) is 13.6. The van der Waals surface area contributed by atoms with E-state index in [0.717, 1.165) is 0 Å². The summed E-state index contributed by atoms with van der Waals surface area (Å²) in [7, 11) is 0. The van der Waals surface area contributed by atoms with Crippen molar-refractivity contribution in [1.29, 1.82) is 0 Å². The Morgan fingerprint density at radius 3 is 1.28 bits per heavy atom. The molecule has 0 aromatic heterocycles. The van der Waals surface area contributed by atoms with Crippen molar-refractivity contribution in [1.82, 2.24) is 0 Å². The Balaban J connectivity index is 6.70. The SMILES string of the molecule is CCOC(=O)[C@@](F)(OC(F)(F)[C@@](F)(OC(F)(F)C(F)(F)C(F)(F)F)C(F)(F)F)C(F)(F)F. The van der Waals surface area contributed by atoms with E-state index in [9.17, 15) is 79.4 Å². The molecule has 0 spiro atoms. The first-order valence-corrected chi connectivity index (χ1v) is 6.93. The monoisotopic (exact) mass is 524 g/mol. The van der Waals surface area contributed by atoms with Gasteiger partial charge in [0.25, 0.3) is 0 Å². The average molecular weight is 524 g/mol. The van der Waals surface area contributed by atoms with E-state index < -0.39 is 61.0 Å². The first-order valence-electron chi connectivity index (χ1n) is 6.93. The minimum Gasteiger partial charge on any atom is -0.462 e. The maximum absolute atomic E-state index is 13.8. The van der Waals surface area contributed by atoms with Gasteiger partial charge in [-0.3, -0.25) is 9.47 Å². The zero-order valence-corrected chi connectivity index (χ0v) is 14.3. The Morgan fingerprint density at radius 2 is 1.00 bits per heavy atom. The van der Waals surface area contributed by atoms with Crippen molar-refractivity contribution < 1.29 is 93.6 Å². The van der Waals surface area contributed by atoms with E-state index in [4.69, 9.17) is 0 Å². The number of halogens is 17. The van der Waals surface area contributed by atoms with Crippen LogP contribution in [0.15, 0.2) is 0 Å². The Bertz CT molecular complexity index is 679. The second kappa shape index (κ2) is 8.20. The molecule has 0 aliphatic carbocycles. The van der Waals surface area contributed by atoms with Crippen molar-refractivity contribution in [2.75, 3.05) is 6.61 Å². The van der Waals surface area contributed by atoms with Gasteiger partial charge < -0.3 is 4.74 Å². The predicted octanol–water partition coefficient (Wildman–Crippen LogP) is 5.42. The van der Waals surface area contributed by atoms with Gasteiger partial charge in [-0.2, -0.15) is 74.6 Å². The summed E-state index contributed by atoms with van der Waals surface area (Å²) in [5.41, 5.74) is 0. The maximum Gasteiger partial charge on any atom is 0.462 e. The molecule has 0 fully saturated rings. The third-order valence-electron chi connectivity index (χ3n) is 2.90. The molecular formula is C11H5F17O4. The van der Waals surface area contributed by atoms with Crippen molar-refractivity contribution in [3.05, 3.63) is 0 Å². The van der Waals surface area contributed by atoms with Crippen molar-refractivity contribution >= 4 is 5.97 Å². The number of carbonyl (C=O) groups is 1. The van der Waals surface area contributed by atoms with Crippen LogP contribution < -0.4 is 0 Å². The molecule has 0 unspecified atom stereocenters. The van der Waals surface area contributed by atoms with Crippen LogP contribution in [0.3, 0.4) is 0 Å². The summed E-state index contributed by atoms with van der Waals surface area (Å²) in [6.07, 6.45) is -38.5. The van der Waals surface area contributed by atoms with Crippen molar-refractivity contribution in [3.8, 4) is 0 Å². The topological polar surface area (TPSA) is 44.8 Å². The molecule has 0 amide bonds. The lowest BCUT2D eigenvalue weighted by Crippen LogP contribution is -2.68. The molecule has 0 aromatic rings. The highest BCUT2D eigenvalue weighted by molar-refractivity contribution is 5.78. The van der Waals surface area contributed by atoms with Crippen LogP contribution in [0.4, 0.5) is 74.6 Å². The third kappa shape index (κ3) is 5.06. The van der Waals surface area contributed by atoms with E-state index in [1.807, 2.05) is 0 Å². The summed E-state index contributed by atoms with van der Waals surface area (Å²) in [5.74, 6) is -26.4. The molecule has 0 aliphatic heterocycles. The van der Waals surface area contributed by atoms with Gasteiger partial charge in [0, 0.05) is 0 Å². The molecule has 0 aromatic carbocycles. The molecular weight excluding hydrogens is 519 g/mol. The fraction of sp³-hybridized carbons (Fsp3) is 0.909. The van der Waals surface area contributed by atoms with Crippen molar-refractivity contribution in [3.63, 3.8) is 0 Å². The lowest BCUT2D eigenvalue weighted by Gasteiger charge is -2.39. The fourth-order valence-electron chi connectivity index (χ4n) is 1.37. The Hall–Kier alpha value is -1.80. The molecule has 192 valence electrons. The highest BCUT2D eigenvalue weighted by Gasteiger charge is 2.85. The van der Waals surface area contributed by atoms with Gasteiger partial charge in [0.2, 0.25) is 0 Å². The minimum atomic E-state index is -8.03. The zero-order valence-electron chi connectivity index (χ0n) is 14.3. The Morgan fingerprint density at radius 1 is 0.594 bits per heavy atom. The van der Waals surface area contributed by atoms with Crippen LogP contribution in [0.25, 0.3) is 0 Å². The van der Waals surface area contributed by atoms with Crippen LogP contribution in [-0.4, -0.2) is 61.0 Å². The number of ether oxygens (including phenoxy) is 3. The van der Waals surface area contributed by atoms with Crippen LogP contribution in [0.2, 0.25) is 0 Å².